The summed E-state index contributed by atoms with van der Waals surface area (Å²) in [6.45, 7) is 4.99. The Morgan fingerprint density at radius 2 is 2.25 bits per heavy atom. The van der Waals surface area contributed by atoms with Gasteiger partial charge >= 0.3 is 0 Å². The first-order valence-electron chi connectivity index (χ1n) is 5.30. The minimum atomic E-state index is -0.413. The van der Waals surface area contributed by atoms with Crippen LogP contribution in [0.1, 0.15) is 13.8 Å². The smallest absolute Gasteiger partial charge is 0.223 e. The number of hydrogen-bond acceptors (Lipinski definition) is 6. The fourth-order valence-electron chi connectivity index (χ4n) is 1.41. The molecule has 0 spiro atoms. The van der Waals surface area contributed by atoms with Gasteiger partial charge in [-0.15, -0.1) is 0 Å². The Balaban J connectivity index is 2.86. The first-order chi connectivity index (χ1) is 7.52. The van der Waals surface area contributed by atoms with Crippen LogP contribution in [-0.4, -0.2) is 41.3 Å². The highest BCUT2D eigenvalue weighted by Gasteiger charge is 2.08. The maximum atomic E-state index is 9.29. The van der Waals surface area contributed by atoms with Gasteiger partial charge in [0, 0.05) is 26.2 Å². The maximum Gasteiger partial charge on any atom is 0.223 e. The molecule has 1 atom stereocenters. The van der Waals surface area contributed by atoms with Gasteiger partial charge in [-0.3, -0.25) is 0 Å². The summed E-state index contributed by atoms with van der Waals surface area (Å²) in [5.74, 6) is 1.62. The van der Waals surface area contributed by atoms with Gasteiger partial charge in [0.2, 0.25) is 5.95 Å². The lowest BCUT2D eigenvalue weighted by atomic mass is 10.3. The zero-order valence-corrected chi connectivity index (χ0v) is 9.94. The van der Waals surface area contributed by atoms with Crippen LogP contribution in [0.3, 0.4) is 0 Å². The zero-order valence-electron chi connectivity index (χ0n) is 9.94. The van der Waals surface area contributed by atoms with Crippen molar-refractivity contribution in [3.05, 3.63) is 6.07 Å². The van der Waals surface area contributed by atoms with Gasteiger partial charge in [0.15, 0.2) is 0 Å². The van der Waals surface area contributed by atoms with E-state index in [0.29, 0.717) is 18.2 Å². The van der Waals surface area contributed by atoms with Crippen LogP contribution in [-0.2, 0) is 0 Å². The lowest BCUT2D eigenvalue weighted by Crippen LogP contribution is -2.28. The van der Waals surface area contributed by atoms with Gasteiger partial charge in [0.25, 0.3) is 0 Å². The van der Waals surface area contributed by atoms with Crippen molar-refractivity contribution in [2.45, 2.75) is 20.0 Å². The number of aliphatic hydroxyl groups is 1. The molecule has 0 aliphatic carbocycles. The topological polar surface area (TPSA) is 87.3 Å². The third-order valence-electron chi connectivity index (χ3n) is 2.02. The third kappa shape index (κ3) is 3.54. The van der Waals surface area contributed by atoms with Crippen molar-refractivity contribution in [1.29, 1.82) is 0 Å². The molecule has 1 rings (SSSR count). The fraction of sp³-hybridized carbons (Fsp3) is 0.600. The van der Waals surface area contributed by atoms with E-state index in [1.807, 2.05) is 24.9 Å². The van der Waals surface area contributed by atoms with Gasteiger partial charge in [-0.25, -0.2) is 0 Å². The SMILES string of the molecule is CCNc1cc(N(C)CC(C)O)nc(N)n1. The number of nitrogen functional groups attached to an aromatic ring is 1. The van der Waals surface area contributed by atoms with E-state index < -0.39 is 6.10 Å². The number of nitrogens with zero attached hydrogens (tertiary/aromatic N) is 3. The van der Waals surface area contributed by atoms with Gasteiger partial charge in [0.05, 0.1) is 6.10 Å². The molecule has 0 radical (unpaired) electrons. The minimum absolute atomic E-state index is 0.228. The summed E-state index contributed by atoms with van der Waals surface area (Å²) < 4.78 is 0. The van der Waals surface area contributed by atoms with Crippen molar-refractivity contribution in [3.63, 3.8) is 0 Å². The van der Waals surface area contributed by atoms with E-state index in [-0.39, 0.29) is 5.95 Å². The van der Waals surface area contributed by atoms with Crippen molar-refractivity contribution >= 4 is 17.6 Å². The highest BCUT2D eigenvalue weighted by Crippen LogP contribution is 2.15. The molecule has 0 aromatic carbocycles. The van der Waals surface area contributed by atoms with E-state index in [9.17, 15) is 5.11 Å². The molecule has 0 fully saturated rings. The predicted octanol–water partition coefficient (Wildman–Crippen LogP) is 0.308. The van der Waals surface area contributed by atoms with E-state index in [0.717, 1.165) is 6.54 Å². The molecule has 0 amide bonds. The van der Waals surface area contributed by atoms with Crippen LogP contribution >= 0.6 is 0 Å². The Kier molecular flexibility index (Phi) is 4.30. The highest BCUT2D eigenvalue weighted by molar-refractivity contribution is 5.52. The third-order valence-corrected chi connectivity index (χ3v) is 2.02. The predicted molar refractivity (Wildman–Crippen MR) is 65.6 cm³/mol. The van der Waals surface area contributed by atoms with Crippen molar-refractivity contribution in [2.24, 2.45) is 0 Å². The van der Waals surface area contributed by atoms with Crippen molar-refractivity contribution < 1.29 is 5.11 Å². The molecule has 1 aromatic rings. The Morgan fingerprint density at radius 3 is 2.81 bits per heavy atom. The average molecular weight is 225 g/mol. The summed E-state index contributed by atoms with van der Waals surface area (Å²) in [5, 5.41) is 12.4. The summed E-state index contributed by atoms with van der Waals surface area (Å²) in [6.07, 6.45) is -0.413. The van der Waals surface area contributed by atoms with Crippen LogP contribution in [0.4, 0.5) is 17.6 Å². The summed E-state index contributed by atoms with van der Waals surface area (Å²) in [5.41, 5.74) is 5.61. The number of nitrogens with two attached hydrogens (primary N) is 1. The van der Waals surface area contributed by atoms with Crippen LogP contribution in [0.5, 0.6) is 0 Å². The number of nitrogens with one attached hydrogen (secondary N) is 1. The lowest BCUT2D eigenvalue weighted by molar-refractivity contribution is 0.201. The Bertz CT molecular complexity index is 342. The highest BCUT2D eigenvalue weighted by atomic mass is 16.3. The van der Waals surface area contributed by atoms with Crippen LogP contribution in [0.2, 0.25) is 0 Å². The summed E-state index contributed by atoms with van der Waals surface area (Å²) in [6, 6.07) is 1.81. The molecular formula is C10H19N5O. The molecule has 16 heavy (non-hydrogen) atoms. The lowest BCUT2D eigenvalue weighted by Gasteiger charge is -2.20. The summed E-state index contributed by atoms with van der Waals surface area (Å²) >= 11 is 0. The summed E-state index contributed by atoms with van der Waals surface area (Å²) in [7, 11) is 1.85. The number of anilines is 3. The monoisotopic (exact) mass is 225 g/mol. The van der Waals surface area contributed by atoms with E-state index >= 15 is 0 Å². The second kappa shape index (κ2) is 5.50. The molecule has 4 N–H and O–H groups in total. The first-order valence-corrected chi connectivity index (χ1v) is 5.30. The van der Waals surface area contributed by atoms with Gasteiger partial charge < -0.3 is 21.1 Å². The van der Waals surface area contributed by atoms with Crippen molar-refractivity contribution in [2.75, 3.05) is 36.1 Å². The fourth-order valence-corrected chi connectivity index (χ4v) is 1.41. The molecule has 6 heteroatoms. The molecule has 6 nitrogen and oxygen atoms in total. The molecule has 1 unspecified atom stereocenters. The van der Waals surface area contributed by atoms with Crippen LogP contribution < -0.4 is 16.0 Å². The molecule has 0 saturated carbocycles. The standard InChI is InChI=1S/C10H19N5O/c1-4-12-8-5-9(14-10(11)13-8)15(3)6-7(2)16/h5,7,16H,4,6H2,1-3H3,(H3,11,12,13,14). The van der Waals surface area contributed by atoms with Crippen molar-refractivity contribution in [3.8, 4) is 0 Å². The quantitative estimate of drug-likeness (QED) is 0.668. The molecule has 0 saturated heterocycles. The Morgan fingerprint density at radius 1 is 1.56 bits per heavy atom. The number of hydrogen-bond donors (Lipinski definition) is 3. The van der Waals surface area contributed by atoms with Gasteiger partial charge in [0.1, 0.15) is 11.6 Å². The molecule has 90 valence electrons. The summed E-state index contributed by atoms with van der Waals surface area (Å²) in [4.78, 5) is 10.00. The normalized spacial score (nSPS) is 12.2. The maximum absolute atomic E-state index is 9.29. The minimum Gasteiger partial charge on any atom is -0.392 e. The first kappa shape index (κ1) is 12.5. The molecular weight excluding hydrogens is 206 g/mol. The molecule has 0 bridgehead atoms. The van der Waals surface area contributed by atoms with E-state index in [1.165, 1.54) is 0 Å². The number of likely N-dealkylation sites (N-methyl/N-ethyl adjacent to an activating group) is 1. The van der Waals surface area contributed by atoms with E-state index in [1.54, 1.807) is 6.92 Å². The van der Waals surface area contributed by atoms with Gasteiger partial charge in [-0.1, -0.05) is 0 Å². The van der Waals surface area contributed by atoms with Crippen LogP contribution in [0.15, 0.2) is 6.07 Å². The number of aromatic nitrogens is 2. The van der Waals surface area contributed by atoms with Crippen molar-refractivity contribution in [1.82, 2.24) is 9.97 Å². The molecule has 1 aromatic heterocycles. The second-order valence-electron chi connectivity index (χ2n) is 3.73. The van der Waals surface area contributed by atoms with Crippen LogP contribution in [0.25, 0.3) is 0 Å². The van der Waals surface area contributed by atoms with Gasteiger partial charge in [-0.2, -0.15) is 9.97 Å². The second-order valence-corrected chi connectivity index (χ2v) is 3.73. The Hall–Kier alpha value is -1.56. The van der Waals surface area contributed by atoms with E-state index in [4.69, 9.17) is 5.73 Å². The number of aliphatic hydroxyl groups excluding tert-OH is 1. The number of rotatable bonds is 5. The molecule has 1 heterocycles. The molecule has 0 aliphatic rings. The zero-order chi connectivity index (χ0) is 12.1. The Labute approximate surface area is 95.5 Å². The van der Waals surface area contributed by atoms with E-state index in [2.05, 4.69) is 15.3 Å². The molecule has 0 aliphatic heterocycles. The van der Waals surface area contributed by atoms with Gasteiger partial charge in [-0.05, 0) is 13.8 Å². The average Bonchev–Trinajstić information content (AvgIpc) is 2.16. The van der Waals surface area contributed by atoms with Crippen LogP contribution in [0, 0.1) is 0 Å². The largest absolute Gasteiger partial charge is 0.392 e.